The van der Waals surface area contributed by atoms with Crippen LogP contribution in [0.1, 0.15) is 37.9 Å². The predicted octanol–water partition coefficient (Wildman–Crippen LogP) is 2.05. The molecule has 1 aliphatic heterocycles. The number of nitrogens with one attached hydrogen (secondary N) is 3. The number of aromatic nitrogens is 3. The number of rotatable bonds is 8. The van der Waals surface area contributed by atoms with Gasteiger partial charge in [0.15, 0.2) is 11.7 Å². The number of morpholine rings is 1. The molecule has 2 aliphatic rings. The summed E-state index contributed by atoms with van der Waals surface area (Å²) in [5.74, 6) is 2.93. The van der Waals surface area contributed by atoms with E-state index < -0.39 is 0 Å². The SMILES string of the molecule is CN=C(NCCc1nc(-c2ccco2)n[nH]1)NCC1(CN2CCOCC2)CCCCC1. The summed E-state index contributed by atoms with van der Waals surface area (Å²) < 4.78 is 10.9. The van der Waals surface area contributed by atoms with Crippen molar-refractivity contribution in [2.75, 3.05) is 53.0 Å². The number of aliphatic imine (C=N–C) groups is 1. The summed E-state index contributed by atoms with van der Waals surface area (Å²) in [4.78, 5) is 11.5. The van der Waals surface area contributed by atoms with Crippen molar-refractivity contribution < 1.29 is 9.15 Å². The average molecular weight is 430 g/mol. The number of guanidine groups is 1. The Hall–Kier alpha value is -2.39. The Bertz CT molecular complexity index is 806. The number of ether oxygens (including phenoxy) is 1. The largest absolute Gasteiger partial charge is 0.461 e. The van der Waals surface area contributed by atoms with Gasteiger partial charge in [-0.2, -0.15) is 5.10 Å². The van der Waals surface area contributed by atoms with E-state index in [-0.39, 0.29) is 0 Å². The van der Waals surface area contributed by atoms with E-state index in [0.717, 1.165) is 64.1 Å². The maximum absolute atomic E-state index is 5.54. The second-order valence-electron chi connectivity index (χ2n) is 8.63. The summed E-state index contributed by atoms with van der Waals surface area (Å²) >= 11 is 0. The Labute approximate surface area is 184 Å². The van der Waals surface area contributed by atoms with E-state index in [0.29, 0.717) is 17.0 Å². The molecule has 9 heteroatoms. The van der Waals surface area contributed by atoms with Crippen LogP contribution in [0.3, 0.4) is 0 Å². The van der Waals surface area contributed by atoms with Gasteiger partial charge >= 0.3 is 0 Å². The lowest BCUT2D eigenvalue weighted by molar-refractivity contribution is 0.00820. The molecule has 0 unspecified atom stereocenters. The predicted molar refractivity (Wildman–Crippen MR) is 120 cm³/mol. The van der Waals surface area contributed by atoms with Gasteiger partial charge in [0.05, 0.1) is 19.5 Å². The van der Waals surface area contributed by atoms with E-state index in [2.05, 4.69) is 35.7 Å². The molecule has 0 bridgehead atoms. The molecule has 3 N–H and O–H groups in total. The molecule has 0 amide bonds. The fourth-order valence-electron chi connectivity index (χ4n) is 4.64. The molecule has 1 aliphatic carbocycles. The van der Waals surface area contributed by atoms with Crippen LogP contribution in [0.15, 0.2) is 27.8 Å². The number of nitrogens with zero attached hydrogens (tertiary/aromatic N) is 4. The maximum atomic E-state index is 5.54. The highest BCUT2D eigenvalue weighted by atomic mass is 16.5. The first-order valence-corrected chi connectivity index (χ1v) is 11.5. The van der Waals surface area contributed by atoms with Crippen LogP contribution in [-0.4, -0.2) is 79.0 Å². The molecule has 0 aromatic carbocycles. The molecule has 9 nitrogen and oxygen atoms in total. The van der Waals surface area contributed by atoms with Crippen LogP contribution in [0.4, 0.5) is 0 Å². The molecular formula is C22H35N7O2. The van der Waals surface area contributed by atoms with Crippen molar-refractivity contribution in [2.24, 2.45) is 10.4 Å². The van der Waals surface area contributed by atoms with Crippen molar-refractivity contribution in [2.45, 2.75) is 38.5 Å². The Morgan fingerprint density at radius 1 is 1.23 bits per heavy atom. The van der Waals surface area contributed by atoms with Gasteiger partial charge in [-0.3, -0.25) is 15.0 Å². The van der Waals surface area contributed by atoms with Crippen LogP contribution in [0, 0.1) is 5.41 Å². The molecule has 2 aromatic rings. The summed E-state index contributed by atoms with van der Waals surface area (Å²) in [6.07, 6.45) is 8.91. The molecule has 1 saturated carbocycles. The van der Waals surface area contributed by atoms with Gasteiger partial charge in [0.1, 0.15) is 5.82 Å². The third-order valence-electron chi connectivity index (χ3n) is 6.36. The van der Waals surface area contributed by atoms with E-state index in [4.69, 9.17) is 9.15 Å². The maximum Gasteiger partial charge on any atom is 0.216 e. The Kier molecular flexibility index (Phi) is 7.58. The first-order valence-electron chi connectivity index (χ1n) is 11.5. The lowest BCUT2D eigenvalue weighted by Gasteiger charge is -2.42. The molecule has 3 heterocycles. The smallest absolute Gasteiger partial charge is 0.216 e. The summed E-state index contributed by atoms with van der Waals surface area (Å²) in [6.45, 7) is 6.63. The third-order valence-corrected chi connectivity index (χ3v) is 6.36. The molecule has 0 spiro atoms. The molecular weight excluding hydrogens is 394 g/mol. The van der Waals surface area contributed by atoms with Crippen LogP contribution in [0.2, 0.25) is 0 Å². The lowest BCUT2D eigenvalue weighted by Crippen LogP contribution is -2.51. The van der Waals surface area contributed by atoms with Gasteiger partial charge in [0.2, 0.25) is 5.82 Å². The number of furan rings is 1. The van der Waals surface area contributed by atoms with E-state index in [1.807, 2.05) is 19.2 Å². The van der Waals surface area contributed by atoms with Crippen LogP contribution >= 0.6 is 0 Å². The summed E-state index contributed by atoms with van der Waals surface area (Å²) in [6, 6.07) is 3.69. The standard InChI is InChI=1S/C22H35N7O2/c1-23-21(24-10-7-19-26-20(28-27-19)18-6-5-13-31-18)25-16-22(8-3-2-4-9-22)17-29-11-14-30-15-12-29/h5-6,13H,2-4,7-12,14-17H2,1H3,(H2,23,24,25)(H,26,27,28). The lowest BCUT2D eigenvalue weighted by atomic mass is 9.73. The molecule has 1 saturated heterocycles. The zero-order valence-corrected chi connectivity index (χ0v) is 18.5. The normalized spacial score (nSPS) is 20.0. The van der Waals surface area contributed by atoms with Crippen LogP contribution in [-0.2, 0) is 11.2 Å². The second-order valence-corrected chi connectivity index (χ2v) is 8.63. The summed E-state index contributed by atoms with van der Waals surface area (Å²) in [5.41, 5.74) is 0.316. The van der Waals surface area contributed by atoms with E-state index >= 15 is 0 Å². The van der Waals surface area contributed by atoms with Gasteiger partial charge in [0, 0.05) is 51.6 Å². The zero-order valence-electron chi connectivity index (χ0n) is 18.5. The van der Waals surface area contributed by atoms with Crippen molar-refractivity contribution >= 4 is 5.96 Å². The average Bonchev–Trinajstić information content (AvgIpc) is 3.50. The Morgan fingerprint density at radius 2 is 2.06 bits per heavy atom. The molecule has 0 radical (unpaired) electrons. The van der Waals surface area contributed by atoms with Gasteiger partial charge in [-0.15, -0.1) is 0 Å². The highest BCUT2D eigenvalue weighted by Gasteiger charge is 2.34. The molecule has 0 atom stereocenters. The first-order chi connectivity index (χ1) is 15.3. The highest BCUT2D eigenvalue weighted by molar-refractivity contribution is 5.79. The minimum Gasteiger partial charge on any atom is -0.461 e. The Balaban J connectivity index is 1.25. The number of hydrogen-bond acceptors (Lipinski definition) is 6. The number of H-pyrrole nitrogens is 1. The quantitative estimate of drug-likeness (QED) is 0.436. The van der Waals surface area contributed by atoms with Crippen molar-refractivity contribution in [3.63, 3.8) is 0 Å². The third kappa shape index (κ3) is 6.07. The molecule has 170 valence electrons. The summed E-state index contributed by atoms with van der Waals surface area (Å²) in [5, 5.41) is 14.2. The number of aromatic amines is 1. The van der Waals surface area contributed by atoms with Crippen LogP contribution in [0.5, 0.6) is 0 Å². The van der Waals surface area contributed by atoms with Gasteiger partial charge in [-0.25, -0.2) is 4.98 Å². The van der Waals surface area contributed by atoms with E-state index in [1.165, 1.54) is 32.1 Å². The van der Waals surface area contributed by atoms with Crippen molar-refractivity contribution in [3.05, 3.63) is 24.2 Å². The highest BCUT2D eigenvalue weighted by Crippen LogP contribution is 2.36. The second kappa shape index (κ2) is 10.8. The molecule has 4 rings (SSSR count). The summed E-state index contributed by atoms with van der Waals surface area (Å²) in [7, 11) is 1.83. The Morgan fingerprint density at radius 3 is 2.81 bits per heavy atom. The van der Waals surface area contributed by atoms with Crippen molar-refractivity contribution in [3.8, 4) is 11.6 Å². The van der Waals surface area contributed by atoms with Gasteiger partial charge in [-0.05, 0) is 25.0 Å². The van der Waals surface area contributed by atoms with Crippen LogP contribution in [0.25, 0.3) is 11.6 Å². The van der Waals surface area contributed by atoms with E-state index in [1.54, 1.807) is 6.26 Å². The minimum atomic E-state index is 0.316. The topological polar surface area (TPSA) is 104 Å². The van der Waals surface area contributed by atoms with Crippen molar-refractivity contribution in [1.29, 1.82) is 0 Å². The van der Waals surface area contributed by atoms with E-state index in [9.17, 15) is 0 Å². The van der Waals surface area contributed by atoms with Gasteiger partial charge in [-0.1, -0.05) is 19.3 Å². The monoisotopic (exact) mass is 429 g/mol. The molecule has 2 aromatic heterocycles. The fraction of sp³-hybridized carbons (Fsp3) is 0.682. The minimum absolute atomic E-state index is 0.316. The van der Waals surface area contributed by atoms with Crippen molar-refractivity contribution in [1.82, 2.24) is 30.7 Å². The zero-order chi connectivity index (χ0) is 21.4. The first kappa shape index (κ1) is 21.8. The van der Waals surface area contributed by atoms with Gasteiger partial charge in [0.25, 0.3) is 0 Å². The fourth-order valence-corrected chi connectivity index (χ4v) is 4.64. The van der Waals surface area contributed by atoms with Gasteiger partial charge < -0.3 is 19.8 Å². The molecule has 2 fully saturated rings. The van der Waals surface area contributed by atoms with Crippen LogP contribution < -0.4 is 10.6 Å². The number of hydrogen-bond donors (Lipinski definition) is 3. The molecule has 31 heavy (non-hydrogen) atoms.